The van der Waals surface area contributed by atoms with Crippen molar-refractivity contribution in [2.24, 2.45) is 0 Å². The molecule has 4 nitrogen and oxygen atoms in total. The van der Waals surface area contributed by atoms with Gasteiger partial charge in [-0.2, -0.15) is 0 Å². The molecule has 0 radical (unpaired) electrons. The van der Waals surface area contributed by atoms with Crippen LogP contribution in [-0.2, 0) is 0 Å². The molecule has 4 heteroatoms. The number of hydrogen-bond acceptors (Lipinski definition) is 3. The lowest BCUT2D eigenvalue weighted by molar-refractivity contribution is -0.958. The van der Waals surface area contributed by atoms with Crippen LogP contribution in [0.1, 0.15) is 13.8 Å². The van der Waals surface area contributed by atoms with Gasteiger partial charge in [0.15, 0.2) is 13.5 Å². The first-order chi connectivity index (χ1) is 4.24. The summed E-state index contributed by atoms with van der Waals surface area (Å²) in [5, 5.41) is 17.6. The summed E-state index contributed by atoms with van der Waals surface area (Å²) in [6.45, 7) is 5.53. The second-order valence-corrected chi connectivity index (χ2v) is 2.26. The maximum atomic E-state index is 8.79. The molecule has 0 amide bonds. The van der Waals surface area contributed by atoms with Gasteiger partial charge in [-0.1, -0.05) is 0 Å². The van der Waals surface area contributed by atoms with Crippen molar-refractivity contribution in [2.45, 2.75) is 13.8 Å². The molecule has 3 N–H and O–H groups in total. The Morgan fingerprint density at radius 1 is 1.00 bits per heavy atom. The standard InChI is InChI=1S/C6H16NO2.H2O/c1-3-7(4-2,5-8)6-9;/h8-9H,3-6H2,1-2H3;1H2/q+1;/p-1. The van der Waals surface area contributed by atoms with Crippen LogP contribution >= 0.6 is 0 Å². The fourth-order valence-corrected chi connectivity index (χ4v) is 0.668. The van der Waals surface area contributed by atoms with Crippen LogP contribution in [0.25, 0.3) is 0 Å². The predicted molar refractivity (Wildman–Crippen MR) is 37.4 cm³/mol. The molecule has 0 aromatic carbocycles. The van der Waals surface area contributed by atoms with Gasteiger partial charge in [0.25, 0.3) is 0 Å². The maximum absolute atomic E-state index is 8.79. The molecule has 0 atom stereocenters. The van der Waals surface area contributed by atoms with Crippen molar-refractivity contribution in [1.29, 1.82) is 0 Å². The Morgan fingerprint density at radius 2 is 1.30 bits per heavy atom. The van der Waals surface area contributed by atoms with Gasteiger partial charge in [-0.3, -0.25) is 4.48 Å². The summed E-state index contributed by atoms with van der Waals surface area (Å²) in [7, 11) is 0. The first kappa shape index (κ1) is 12.5. The summed E-state index contributed by atoms with van der Waals surface area (Å²) < 4.78 is 0.389. The third-order valence-electron chi connectivity index (χ3n) is 1.94. The number of nitrogens with zero attached hydrogens (tertiary/aromatic N) is 1. The highest BCUT2D eigenvalue weighted by Crippen LogP contribution is 2.00. The average molecular weight is 151 g/mol. The monoisotopic (exact) mass is 151 g/mol. The van der Waals surface area contributed by atoms with Gasteiger partial charge in [0, 0.05) is 0 Å². The van der Waals surface area contributed by atoms with Crippen molar-refractivity contribution in [2.75, 3.05) is 26.6 Å². The van der Waals surface area contributed by atoms with Crippen molar-refractivity contribution in [3.05, 3.63) is 0 Å². The van der Waals surface area contributed by atoms with Crippen molar-refractivity contribution >= 4 is 0 Å². The fraction of sp³-hybridized carbons (Fsp3) is 1.00. The quantitative estimate of drug-likeness (QED) is 0.423. The van der Waals surface area contributed by atoms with Crippen LogP contribution in [0.3, 0.4) is 0 Å². The third kappa shape index (κ3) is 2.62. The fourth-order valence-electron chi connectivity index (χ4n) is 0.668. The molecule has 0 aliphatic carbocycles. The van der Waals surface area contributed by atoms with Crippen LogP contribution in [0.4, 0.5) is 0 Å². The minimum Gasteiger partial charge on any atom is -0.870 e. The number of aliphatic hydroxyl groups is 2. The number of hydrogen-bond donors (Lipinski definition) is 2. The lowest BCUT2D eigenvalue weighted by Gasteiger charge is -2.31. The Morgan fingerprint density at radius 3 is 1.30 bits per heavy atom. The molecular formula is C6H17NO3. The van der Waals surface area contributed by atoms with E-state index in [0.717, 1.165) is 13.1 Å². The summed E-state index contributed by atoms with van der Waals surface area (Å²) in [6, 6.07) is 0. The van der Waals surface area contributed by atoms with Gasteiger partial charge in [0.1, 0.15) is 0 Å². The average Bonchev–Trinajstić information content (AvgIpc) is 1.95. The second kappa shape index (κ2) is 5.61. The minimum absolute atomic E-state index is 0. The molecule has 0 heterocycles. The SMILES string of the molecule is CC[N+](CC)(CO)CO.[OH-]. The van der Waals surface area contributed by atoms with Gasteiger partial charge in [0.05, 0.1) is 13.1 Å². The highest BCUT2D eigenvalue weighted by Gasteiger charge is 2.19. The molecule has 0 bridgehead atoms. The lowest BCUT2D eigenvalue weighted by Crippen LogP contribution is -2.48. The Balaban J connectivity index is 0. The molecule has 0 saturated heterocycles. The third-order valence-corrected chi connectivity index (χ3v) is 1.94. The maximum Gasteiger partial charge on any atom is 0.182 e. The van der Waals surface area contributed by atoms with E-state index in [1.807, 2.05) is 13.8 Å². The van der Waals surface area contributed by atoms with Crippen LogP contribution in [0.2, 0.25) is 0 Å². The first-order valence-corrected chi connectivity index (χ1v) is 3.31. The van der Waals surface area contributed by atoms with E-state index in [9.17, 15) is 0 Å². The normalized spacial score (nSPS) is 10.8. The molecule has 0 saturated carbocycles. The number of quaternary nitrogens is 1. The van der Waals surface area contributed by atoms with E-state index in [0.29, 0.717) is 4.48 Å². The van der Waals surface area contributed by atoms with Crippen LogP contribution in [-0.4, -0.2) is 46.7 Å². The summed E-state index contributed by atoms with van der Waals surface area (Å²) in [5.41, 5.74) is 0. The second-order valence-electron chi connectivity index (χ2n) is 2.26. The van der Waals surface area contributed by atoms with E-state index >= 15 is 0 Å². The molecule has 0 rings (SSSR count). The highest BCUT2D eigenvalue weighted by molar-refractivity contribution is 4.23. The first-order valence-electron chi connectivity index (χ1n) is 3.31. The van der Waals surface area contributed by atoms with E-state index in [1.165, 1.54) is 0 Å². The van der Waals surface area contributed by atoms with E-state index in [2.05, 4.69) is 0 Å². The smallest absolute Gasteiger partial charge is 0.182 e. The van der Waals surface area contributed by atoms with Gasteiger partial charge in [-0.05, 0) is 13.8 Å². The molecule has 0 unspecified atom stereocenters. The molecule has 10 heavy (non-hydrogen) atoms. The molecule has 0 fully saturated rings. The summed E-state index contributed by atoms with van der Waals surface area (Å²) in [5.74, 6) is 0. The summed E-state index contributed by atoms with van der Waals surface area (Å²) in [6.07, 6.45) is 0. The number of aliphatic hydroxyl groups excluding tert-OH is 2. The highest BCUT2D eigenvalue weighted by atomic mass is 16.3. The molecule has 0 aliphatic heterocycles. The topological polar surface area (TPSA) is 70.5 Å². The number of rotatable bonds is 4. The van der Waals surface area contributed by atoms with Crippen LogP contribution < -0.4 is 0 Å². The van der Waals surface area contributed by atoms with Gasteiger partial charge in [-0.15, -0.1) is 0 Å². The minimum atomic E-state index is 0. The van der Waals surface area contributed by atoms with Gasteiger partial charge in [0.2, 0.25) is 0 Å². The van der Waals surface area contributed by atoms with E-state index in [1.54, 1.807) is 0 Å². The van der Waals surface area contributed by atoms with Gasteiger partial charge in [-0.25, -0.2) is 0 Å². The molecular weight excluding hydrogens is 134 g/mol. The Labute approximate surface area is 61.6 Å². The predicted octanol–water partition coefficient (Wildman–Crippen LogP) is -0.434. The van der Waals surface area contributed by atoms with Gasteiger partial charge >= 0.3 is 0 Å². The van der Waals surface area contributed by atoms with Crippen molar-refractivity contribution in [3.8, 4) is 0 Å². The molecule has 0 aliphatic rings. The molecule has 64 valence electrons. The van der Waals surface area contributed by atoms with E-state index in [-0.39, 0.29) is 18.9 Å². The molecule has 0 spiro atoms. The molecule has 0 aromatic heterocycles. The van der Waals surface area contributed by atoms with Crippen LogP contribution in [0.5, 0.6) is 0 Å². The Kier molecular flexibility index (Phi) is 7.02. The molecule has 0 aromatic rings. The zero-order chi connectivity index (χ0) is 7.33. The van der Waals surface area contributed by atoms with Crippen molar-refractivity contribution in [3.63, 3.8) is 0 Å². The lowest BCUT2D eigenvalue weighted by atomic mass is 10.4. The Hall–Kier alpha value is -0.160. The summed E-state index contributed by atoms with van der Waals surface area (Å²) >= 11 is 0. The van der Waals surface area contributed by atoms with E-state index in [4.69, 9.17) is 10.2 Å². The zero-order valence-electron chi connectivity index (χ0n) is 6.62. The zero-order valence-corrected chi connectivity index (χ0v) is 6.62. The van der Waals surface area contributed by atoms with Crippen molar-refractivity contribution < 1.29 is 20.2 Å². The van der Waals surface area contributed by atoms with E-state index < -0.39 is 0 Å². The largest absolute Gasteiger partial charge is 0.870 e. The summed E-state index contributed by atoms with van der Waals surface area (Å²) in [4.78, 5) is 0. The Bertz CT molecular complexity index is 55.9. The van der Waals surface area contributed by atoms with Gasteiger partial charge < -0.3 is 15.7 Å². The van der Waals surface area contributed by atoms with Crippen LogP contribution in [0.15, 0.2) is 0 Å². The van der Waals surface area contributed by atoms with Crippen molar-refractivity contribution in [1.82, 2.24) is 0 Å². The van der Waals surface area contributed by atoms with Crippen LogP contribution in [0, 0.1) is 0 Å².